The Morgan fingerprint density at radius 3 is 2.93 bits per heavy atom. The van der Waals surface area contributed by atoms with Gasteiger partial charge in [0, 0.05) is 18.4 Å². The van der Waals surface area contributed by atoms with Gasteiger partial charge in [-0.25, -0.2) is 0 Å². The molecule has 2 aromatic rings. The second-order valence-electron chi connectivity index (χ2n) is 3.20. The predicted molar refractivity (Wildman–Crippen MR) is 56.4 cm³/mol. The minimum Gasteiger partial charge on any atom is -0.461 e. The van der Waals surface area contributed by atoms with Crippen LogP contribution in [0.2, 0.25) is 0 Å². The first kappa shape index (κ1) is 9.28. The second kappa shape index (κ2) is 4.29. The topological polar surface area (TPSA) is 22.4 Å². The minimum atomic E-state index is 0.732. The van der Waals surface area contributed by atoms with Gasteiger partial charge in [-0.1, -0.05) is 18.2 Å². The lowest BCUT2D eigenvalue weighted by molar-refractivity contribution is 0.147. The molecule has 0 N–H and O–H groups in total. The van der Waals surface area contributed by atoms with Gasteiger partial charge in [0.05, 0.1) is 6.61 Å². The Labute approximate surface area is 83.5 Å². The number of fused-ring (bicyclic) bond motifs is 1. The fourth-order valence-corrected chi connectivity index (χ4v) is 1.48. The molecule has 0 radical (unpaired) electrons. The average Bonchev–Trinajstić information content (AvgIpc) is 2.60. The van der Waals surface area contributed by atoms with Crippen LogP contribution >= 0.6 is 0 Å². The van der Waals surface area contributed by atoms with Crippen molar-refractivity contribution in [1.29, 1.82) is 0 Å². The van der Waals surface area contributed by atoms with E-state index < -0.39 is 0 Å². The van der Waals surface area contributed by atoms with Crippen molar-refractivity contribution in [2.24, 2.45) is 0 Å². The lowest BCUT2D eigenvalue weighted by Crippen LogP contribution is -1.96. The third kappa shape index (κ3) is 1.96. The zero-order valence-corrected chi connectivity index (χ0v) is 8.32. The molecule has 0 aliphatic heterocycles. The van der Waals surface area contributed by atoms with Crippen molar-refractivity contribution in [3.8, 4) is 0 Å². The molecule has 2 rings (SSSR count). The van der Waals surface area contributed by atoms with Gasteiger partial charge in [0.15, 0.2) is 0 Å². The summed E-state index contributed by atoms with van der Waals surface area (Å²) in [6, 6.07) is 10.1. The smallest absolute Gasteiger partial charge is 0.134 e. The summed E-state index contributed by atoms with van der Waals surface area (Å²) in [6.07, 6.45) is 0.850. The maximum atomic E-state index is 5.63. The summed E-state index contributed by atoms with van der Waals surface area (Å²) in [4.78, 5) is 0. The molecule has 0 spiro atoms. The Kier molecular flexibility index (Phi) is 2.84. The van der Waals surface area contributed by atoms with E-state index in [4.69, 9.17) is 9.15 Å². The van der Waals surface area contributed by atoms with Gasteiger partial charge in [-0.2, -0.15) is 0 Å². The van der Waals surface area contributed by atoms with Crippen LogP contribution in [0.3, 0.4) is 0 Å². The summed E-state index contributed by atoms with van der Waals surface area (Å²) in [5.41, 5.74) is 0.957. The molecule has 0 bridgehead atoms. The number of hydrogen-bond donors (Lipinski definition) is 0. The zero-order valence-electron chi connectivity index (χ0n) is 8.32. The van der Waals surface area contributed by atoms with E-state index in [1.165, 1.54) is 5.39 Å². The largest absolute Gasteiger partial charge is 0.461 e. The van der Waals surface area contributed by atoms with Gasteiger partial charge >= 0.3 is 0 Å². The lowest BCUT2D eigenvalue weighted by atomic mass is 10.2. The molecule has 0 aliphatic rings. The van der Waals surface area contributed by atoms with Gasteiger partial charge in [-0.05, 0) is 19.1 Å². The first-order chi connectivity index (χ1) is 6.90. The summed E-state index contributed by atoms with van der Waals surface area (Å²) in [7, 11) is 0. The van der Waals surface area contributed by atoms with Crippen LogP contribution in [0.5, 0.6) is 0 Å². The lowest BCUT2D eigenvalue weighted by Gasteiger charge is -1.96. The molecule has 0 amide bonds. The van der Waals surface area contributed by atoms with Crippen molar-refractivity contribution in [3.63, 3.8) is 0 Å². The summed E-state index contributed by atoms with van der Waals surface area (Å²) >= 11 is 0. The predicted octanol–water partition coefficient (Wildman–Crippen LogP) is 3.01. The fourth-order valence-electron chi connectivity index (χ4n) is 1.48. The molecule has 0 atom stereocenters. The highest BCUT2D eigenvalue weighted by atomic mass is 16.5. The Hall–Kier alpha value is -1.28. The van der Waals surface area contributed by atoms with Gasteiger partial charge < -0.3 is 9.15 Å². The average molecular weight is 190 g/mol. The third-order valence-corrected chi connectivity index (χ3v) is 2.17. The molecular formula is C12H14O2. The molecular weight excluding hydrogens is 176 g/mol. The molecule has 1 aromatic carbocycles. The van der Waals surface area contributed by atoms with Crippen molar-refractivity contribution in [2.75, 3.05) is 13.2 Å². The molecule has 14 heavy (non-hydrogen) atoms. The summed E-state index contributed by atoms with van der Waals surface area (Å²) in [6.45, 7) is 3.50. The van der Waals surface area contributed by atoms with Crippen molar-refractivity contribution in [1.82, 2.24) is 0 Å². The minimum absolute atomic E-state index is 0.732. The number of benzene rings is 1. The number of rotatable bonds is 4. The first-order valence-electron chi connectivity index (χ1n) is 4.95. The molecule has 0 unspecified atom stereocenters. The Morgan fingerprint density at radius 1 is 1.29 bits per heavy atom. The Balaban J connectivity index is 2.11. The van der Waals surface area contributed by atoms with Crippen molar-refractivity contribution in [2.45, 2.75) is 13.3 Å². The highest BCUT2D eigenvalue weighted by Crippen LogP contribution is 2.18. The summed E-state index contributed by atoms with van der Waals surface area (Å²) < 4.78 is 10.9. The van der Waals surface area contributed by atoms with E-state index in [-0.39, 0.29) is 0 Å². The maximum absolute atomic E-state index is 5.63. The van der Waals surface area contributed by atoms with Crippen LogP contribution in [0.1, 0.15) is 12.7 Å². The number of hydrogen-bond acceptors (Lipinski definition) is 2. The molecule has 0 aliphatic carbocycles. The Morgan fingerprint density at radius 2 is 2.14 bits per heavy atom. The van der Waals surface area contributed by atoms with Crippen LogP contribution in [0.25, 0.3) is 11.0 Å². The fraction of sp³-hybridized carbons (Fsp3) is 0.333. The molecule has 2 nitrogen and oxygen atoms in total. The monoisotopic (exact) mass is 190 g/mol. The van der Waals surface area contributed by atoms with Gasteiger partial charge in [-0.3, -0.25) is 0 Å². The van der Waals surface area contributed by atoms with Gasteiger partial charge in [0.2, 0.25) is 0 Å². The van der Waals surface area contributed by atoms with Crippen molar-refractivity contribution < 1.29 is 9.15 Å². The molecule has 1 aromatic heterocycles. The van der Waals surface area contributed by atoms with E-state index in [1.807, 2.05) is 25.1 Å². The van der Waals surface area contributed by atoms with Crippen molar-refractivity contribution >= 4 is 11.0 Å². The van der Waals surface area contributed by atoms with Crippen LogP contribution in [-0.4, -0.2) is 13.2 Å². The number of para-hydroxylation sites is 1. The molecule has 74 valence electrons. The highest BCUT2D eigenvalue weighted by molar-refractivity contribution is 5.77. The van der Waals surface area contributed by atoms with E-state index in [2.05, 4.69) is 12.1 Å². The van der Waals surface area contributed by atoms with Crippen LogP contribution in [0, 0.1) is 0 Å². The summed E-state index contributed by atoms with van der Waals surface area (Å²) in [5.74, 6) is 1.000. The first-order valence-corrected chi connectivity index (χ1v) is 4.95. The number of ether oxygens (including phenoxy) is 1. The Bertz CT molecular complexity index is 370. The van der Waals surface area contributed by atoms with Gasteiger partial charge in [0.25, 0.3) is 0 Å². The van der Waals surface area contributed by atoms with E-state index in [0.29, 0.717) is 0 Å². The molecule has 2 heteroatoms. The standard InChI is InChI=1S/C12H14O2/c1-2-13-8-7-11-9-10-5-3-4-6-12(10)14-11/h3-6,9H,2,7-8H2,1H3. The van der Waals surface area contributed by atoms with Crippen molar-refractivity contribution in [3.05, 3.63) is 36.1 Å². The highest BCUT2D eigenvalue weighted by Gasteiger charge is 2.01. The quantitative estimate of drug-likeness (QED) is 0.691. The van der Waals surface area contributed by atoms with E-state index in [1.54, 1.807) is 0 Å². The van der Waals surface area contributed by atoms with Crippen LogP contribution in [0.4, 0.5) is 0 Å². The van der Waals surface area contributed by atoms with Gasteiger partial charge in [-0.15, -0.1) is 0 Å². The zero-order chi connectivity index (χ0) is 9.80. The SMILES string of the molecule is CCOCCc1cc2ccccc2o1. The van der Waals surface area contributed by atoms with E-state index in [0.717, 1.165) is 31.0 Å². The normalized spacial score (nSPS) is 10.9. The molecule has 0 fully saturated rings. The van der Waals surface area contributed by atoms with E-state index in [9.17, 15) is 0 Å². The second-order valence-corrected chi connectivity index (χ2v) is 3.20. The molecule has 0 saturated heterocycles. The number of furan rings is 1. The maximum Gasteiger partial charge on any atom is 0.134 e. The van der Waals surface area contributed by atoms with E-state index >= 15 is 0 Å². The molecule has 1 heterocycles. The van der Waals surface area contributed by atoms with Crippen LogP contribution in [-0.2, 0) is 11.2 Å². The molecule has 0 saturated carbocycles. The van der Waals surface area contributed by atoms with Crippen LogP contribution in [0.15, 0.2) is 34.7 Å². The van der Waals surface area contributed by atoms with Gasteiger partial charge in [0.1, 0.15) is 11.3 Å². The van der Waals surface area contributed by atoms with Crippen LogP contribution < -0.4 is 0 Å². The summed E-state index contributed by atoms with van der Waals surface area (Å²) in [5, 5.41) is 1.17. The third-order valence-electron chi connectivity index (χ3n) is 2.17.